The van der Waals surface area contributed by atoms with Crippen LogP contribution in [0.2, 0.25) is 0 Å². The molecule has 0 bridgehead atoms. The molecule has 0 saturated carbocycles. The molecule has 1 aliphatic heterocycles. The van der Waals surface area contributed by atoms with E-state index in [2.05, 4.69) is 38.9 Å². The van der Waals surface area contributed by atoms with Gasteiger partial charge in [-0.05, 0) is 44.6 Å². The van der Waals surface area contributed by atoms with Crippen molar-refractivity contribution in [3.05, 3.63) is 72.0 Å². The summed E-state index contributed by atoms with van der Waals surface area (Å²) in [6.07, 6.45) is 4.17. The third-order valence-electron chi connectivity index (χ3n) is 11.7. The normalized spacial score (nSPS) is 26.6. The molecule has 19 nitrogen and oxygen atoms in total. The van der Waals surface area contributed by atoms with Crippen molar-refractivity contribution >= 4 is 53.2 Å². The Kier molecular flexibility index (Phi) is 22.6. The van der Waals surface area contributed by atoms with Crippen LogP contribution in [0, 0.1) is 29.6 Å². The Hall–Kier alpha value is -6.21. The first-order valence-corrected chi connectivity index (χ1v) is 22.1. The van der Waals surface area contributed by atoms with Gasteiger partial charge in [0.05, 0.1) is 30.0 Å². The predicted octanol–water partition coefficient (Wildman–Crippen LogP) is 0.897. The van der Waals surface area contributed by atoms with Gasteiger partial charge >= 0.3 is 11.9 Å². The highest BCUT2D eigenvalue weighted by molar-refractivity contribution is 6.00. The Balaban J connectivity index is 2.59. The summed E-state index contributed by atoms with van der Waals surface area (Å²) in [6, 6.07) is 3.26. The number of carboxylic acids is 2. The lowest BCUT2D eigenvalue weighted by Crippen LogP contribution is -2.65. The van der Waals surface area contributed by atoms with Crippen LogP contribution in [0.25, 0.3) is 0 Å². The van der Waals surface area contributed by atoms with Gasteiger partial charge in [0.1, 0.15) is 24.3 Å². The number of allylic oxidation sites excluding steroid dienone is 2. The Morgan fingerprint density at radius 1 is 0.864 bits per heavy atom. The number of quaternary nitrogens is 1. The molecule has 1 aromatic carbocycles. The Labute approximate surface area is 386 Å². The van der Waals surface area contributed by atoms with Gasteiger partial charge in [-0.2, -0.15) is 0 Å². The molecule has 1 aliphatic rings. The van der Waals surface area contributed by atoms with Gasteiger partial charge in [-0.3, -0.25) is 38.4 Å². The Morgan fingerprint density at radius 3 is 2.05 bits per heavy atom. The largest absolute Gasteiger partial charge is 0.481 e. The Morgan fingerprint density at radius 2 is 1.48 bits per heavy atom. The number of carbonyl (C=O) groups excluding carboxylic acids is 7. The summed E-state index contributed by atoms with van der Waals surface area (Å²) in [5.41, 5.74) is 5.12. The molecule has 1 saturated heterocycles. The van der Waals surface area contributed by atoms with E-state index in [4.69, 9.17) is 4.74 Å². The van der Waals surface area contributed by atoms with E-state index in [1.165, 1.54) is 27.8 Å². The lowest BCUT2D eigenvalue weighted by atomic mass is 9.85. The lowest BCUT2D eigenvalue weighted by molar-refractivity contribution is -0.370. The second-order valence-corrected chi connectivity index (χ2v) is 17.4. The molecule has 0 aliphatic carbocycles. The number of Topliss-reactive ketones (excluding diaryl/α,β-unsaturated/α-hetero) is 1. The van der Waals surface area contributed by atoms with Gasteiger partial charge < -0.3 is 52.2 Å². The zero-order valence-electron chi connectivity index (χ0n) is 39.6. The van der Waals surface area contributed by atoms with Gasteiger partial charge in [-0.25, -0.2) is 4.79 Å². The molecule has 6 amide bonds. The van der Waals surface area contributed by atoms with E-state index in [9.17, 15) is 53.4 Å². The van der Waals surface area contributed by atoms with Gasteiger partial charge in [0.25, 0.3) is 5.91 Å². The van der Waals surface area contributed by atoms with Crippen molar-refractivity contribution in [3.8, 4) is 0 Å². The molecule has 0 radical (unpaired) electrons. The van der Waals surface area contributed by atoms with Crippen LogP contribution in [-0.4, -0.2) is 125 Å². The monoisotopic (exact) mass is 925 g/mol. The number of likely N-dealkylation sites (N-methyl/N-ethyl adjacent to an activating group) is 1. The first-order chi connectivity index (χ1) is 30.9. The summed E-state index contributed by atoms with van der Waals surface area (Å²) < 4.78 is 5.79. The maximum atomic E-state index is 13.8. The van der Waals surface area contributed by atoms with Crippen molar-refractivity contribution in [1.29, 1.82) is 0 Å². The maximum Gasteiger partial charge on any atom is 0.326 e. The van der Waals surface area contributed by atoms with E-state index in [0.717, 1.165) is 16.0 Å². The summed E-state index contributed by atoms with van der Waals surface area (Å²) in [5, 5.41) is 33.0. The summed E-state index contributed by atoms with van der Waals surface area (Å²) >= 11 is 0. The van der Waals surface area contributed by atoms with Crippen LogP contribution in [0.3, 0.4) is 0 Å². The molecule has 0 spiro atoms. The van der Waals surface area contributed by atoms with Crippen LogP contribution >= 0.6 is 0 Å². The van der Waals surface area contributed by atoms with E-state index < -0.39 is 126 Å². The van der Waals surface area contributed by atoms with Gasteiger partial charge in [0.2, 0.25) is 29.5 Å². The molecule has 1 heterocycles. The highest BCUT2D eigenvalue weighted by atomic mass is 16.5. The molecule has 0 unspecified atom stereocenters. The van der Waals surface area contributed by atoms with Gasteiger partial charge in [-0.15, -0.1) is 0 Å². The van der Waals surface area contributed by atoms with Crippen molar-refractivity contribution in [2.75, 3.05) is 20.7 Å². The van der Waals surface area contributed by atoms with E-state index in [-0.39, 0.29) is 30.9 Å². The molecule has 10 N–H and O–H groups in total. The van der Waals surface area contributed by atoms with Crippen molar-refractivity contribution in [2.45, 2.75) is 117 Å². The molecule has 19 heteroatoms. The number of nitrogens with one attached hydrogen (secondary N) is 5. The Bertz CT molecular complexity index is 1990. The van der Waals surface area contributed by atoms with E-state index in [1.807, 2.05) is 50.3 Å². The third kappa shape index (κ3) is 17.3. The van der Waals surface area contributed by atoms with Gasteiger partial charge in [0, 0.05) is 38.8 Å². The number of nitrogens with zero attached hydrogens (tertiary/aromatic N) is 1. The number of carboxylic acid groups (broad SMARTS) is 2. The number of carbonyl (C=O) groups is 9. The molecule has 1 aromatic rings. The van der Waals surface area contributed by atoms with E-state index in [1.54, 1.807) is 33.1 Å². The maximum absolute atomic E-state index is 13.8. The second-order valence-electron chi connectivity index (χ2n) is 17.4. The number of hydrogen-bond donors (Lipinski definition) is 8. The summed E-state index contributed by atoms with van der Waals surface area (Å²) in [6.45, 7) is 14.9. The number of aliphatic carboxylic acids is 2. The molecular formula is C47H70N7O12+. The quantitative estimate of drug-likeness (QED) is 0.107. The number of ketones is 1. The first-order valence-electron chi connectivity index (χ1n) is 22.1. The molecule has 0 aromatic heterocycles. The molecule has 1 fully saturated rings. The number of rotatable bonds is 12. The minimum atomic E-state index is -1.59. The van der Waals surface area contributed by atoms with Gasteiger partial charge in [-0.1, -0.05) is 95.3 Å². The molecule has 2 rings (SSSR count). The zero-order chi connectivity index (χ0) is 50.0. The number of benzene rings is 1. The number of amides is 6. The number of ether oxygens (including phenoxy) is 1. The topological polar surface area (TPSA) is 294 Å². The SMILES string of the molecule is C=C1C(=O)N[C@H](C[NH3+])C(=O)N[C@@H](CC(C)C)C(=O)C[C@@H](C(=O)O)[C@H](C)C(=O)N[C@@H](C)C(=O)N[C@@H](/C=C/C(C)=C/[C@H](C)[C@H](Cc2ccccc2)OC)[C@H](C)C(=O)N[C@@H](C(=O)O)CCC(=O)N1C. The molecule has 364 valence electrons. The van der Waals surface area contributed by atoms with Crippen molar-refractivity contribution in [1.82, 2.24) is 31.5 Å². The van der Waals surface area contributed by atoms with Crippen LogP contribution in [0.1, 0.15) is 79.7 Å². The average molecular weight is 925 g/mol. The fraction of sp³-hybridized carbons (Fsp3) is 0.553. The van der Waals surface area contributed by atoms with Crippen LogP contribution < -0.4 is 32.3 Å². The van der Waals surface area contributed by atoms with Crippen LogP contribution in [0.4, 0.5) is 0 Å². The highest BCUT2D eigenvalue weighted by Gasteiger charge is 2.37. The van der Waals surface area contributed by atoms with Gasteiger partial charge in [0.15, 0.2) is 11.8 Å². The molecular weight excluding hydrogens is 855 g/mol. The minimum Gasteiger partial charge on any atom is -0.481 e. The van der Waals surface area contributed by atoms with Crippen molar-refractivity contribution in [3.63, 3.8) is 0 Å². The zero-order valence-corrected chi connectivity index (χ0v) is 39.6. The first kappa shape index (κ1) is 55.9. The number of hydrogen-bond acceptors (Lipinski definition) is 10. The summed E-state index contributed by atoms with van der Waals surface area (Å²) in [4.78, 5) is 121. The number of methoxy groups -OCH3 is 1. The lowest BCUT2D eigenvalue weighted by Gasteiger charge is -2.27. The average Bonchev–Trinajstić information content (AvgIpc) is 3.26. The standard InChI is InChI=1S/C47H69N7O12/c1-25(2)20-36-38(55)23-33(46(62)63)28(5)41(57)49-30(7)43(59)50-34(17-16-26(3)21-27(4)39(66-10)22-32-14-12-11-13-15-32)29(6)42(58)51-35(47(64)65)18-19-40(56)54(9)31(8)44(60)53-37(24-48)45(61)52-36/h11-17,21,25,27-30,33-37,39H,8,18-20,22-24,48H2,1-7,9-10H3,(H,49,57)(H,50,59)(H,51,58)(H,52,61)(H,53,60)(H,62,63)(H,64,65)/p+1/b17-16+,26-21+/t27-,28-,29-,30-,33+,34-,35+,36-,37+,39-/m0/s1. The fourth-order valence-corrected chi connectivity index (χ4v) is 7.21. The van der Waals surface area contributed by atoms with Crippen LogP contribution in [0.5, 0.6) is 0 Å². The summed E-state index contributed by atoms with van der Waals surface area (Å²) in [7, 11) is 2.84. The highest BCUT2D eigenvalue weighted by Crippen LogP contribution is 2.22. The predicted molar refractivity (Wildman–Crippen MR) is 243 cm³/mol. The van der Waals surface area contributed by atoms with Crippen LogP contribution in [0.15, 0.2) is 66.4 Å². The summed E-state index contributed by atoms with van der Waals surface area (Å²) in [5.74, 6) is -12.9. The van der Waals surface area contributed by atoms with E-state index >= 15 is 0 Å². The smallest absolute Gasteiger partial charge is 0.326 e. The minimum absolute atomic E-state index is 0.0788. The van der Waals surface area contributed by atoms with Crippen molar-refractivity contribution < 1.29 is 63.8 Å². The molecule has 10 atom stereocenters. The molecule has 66 heavy (non-hydrogen) atoms. The third-order valence-corrected chi connectivity index (χ3v) is 11.7. The van der Waals surface area contributed by atoms with Crippen molar-refractivity contribution in [2.24, 2.45) is 29.6 Å². The fourth-order valence-electron chi connectivity index (χ4n) is 7.21. The van der Waals surface area contributed by atoms with E-state index in [0.29, 0.717) is 6.42 Å². The second kappa shape index (κ2) is 26.7. The van der Waals surface area contributed by atoms with Crippen LogP contribution in [-0.2, 0) is 54.3 Å².